The number of hydrogen-bond donors (Lipinski definition) is 4. The fourth-order valence-electron chi connectivity index (χ4n) is 3.38. The summed E-state index contributed by atoms with van der Waals surface area (Å²) in [5.41, 5.74) is 15.9. The maximum Gasteiger partial charge on any atom is 0.327 e. The van der Waals surface area contributed by atoms with Gasteiger partial charge in [-0.15, -0.1) is 0 Å². The number of amides is 2. The van der Waals surface area contributed by atoms with Crippen molar-refractivity contribution in [1.82, 2.24) is 10.6 Å². The van der Waals surface area contributed by atoms with Crippen molar-refractivity contribution in [3.63, 3.8) is 0 Å². The summed E-state index contributed by atoms with van der Waals surface area (Å²) in [4.78, 5) is 14.2. The van der Waals surface area contributed by atoms with Crippen LogP contribution < -0.4 is 31.7 Å². The van der Waals surface area contributed by atoms with E-state index in [0.29, 0.717) is 19.7 Å². The molecule has 7 heteroatoms. The van der Waals surface area contributed by atoms with Gasteiger partial charge < -0.3 is 26.8 Å². The molecule has 2 heterocycles. The summed E-state index contributed by atoms with van der Waals surface area (Å²) in [6.45, 7) is 1.63. The number of fused-ring (bicyclic) bond motifs is 1. The van der Waals surface area contributed by atoms with E-state index in [9.17, 15) is 4.79 Å². The SMILES string of the molecule is NCCCOc1ccccc1C1=CC2=CN(c3ccc(CN)cc3)C(=O)NC2N1. The highest BCUT2D eigenvalue weighted by Crippen LogP contribution is 2.32. The first-order chi connectivity index (χ1) is 14.2. The number of carbonyl (C=O) groups excluding carboxylic acids is 1. The number of rotatable bonds is 7. The molecule has 1 unspecified atom stereocenters. The number of nitrogens with zero attached hydrogens (tertiary/aromatic N) is 1. The number of nitrogens with two attached hydrogens (primary N) is 2. The van der Waals surface area contributed by atoms with Crippen molar-refractivity contribution in [2.75, 3.05) is 18.1 Å². The number of hydrogen-bond acceptors (Lipinski definition) is 5. The van der Waals surface area contributed by atoms with Crippen LogP contribution in [0.25, 0.3) is 5.70 Å². The van der Waals surface area contributed by atoms with Gasteiger partial charge in [0.2, 0.25) is 0 Å². The number of carbonyl (C=O) groups is 1. The van der Waals surface area contributed by atoms with E-state index < -0.39 is 0 Å². The van der Waals surface area contributed by atoms with Crippen molar-refractivity contribution in [3.05, 3.63) is 77.5 Å². The molecule has 2 aromatic rings. The number of ether oxygens (including phenoxy) is 1. The second-order valence-corrected chi connectivity index (χ2v) is 6.94. The molecular formula is C22H25N5O2. The van der Waals surface area contributed by atoms with Gasteiger partial charge in [0.25, 0.3) is 0 Å². The van der Waals surface area contributed by atoms with Crippen LogP contribution in [-0.2, 0) is 6.54 Å². The Balaban J connectivity index is 1.59. The fraction of sp³-hybridized carbons (Fsp3) is 0.227. The second kappa shape index (κ2) is 8.38. The molecule has 4 rings (SSSR count). The van der Waals surface area contributed by atoms with Gasteiger partial charge in [0.1, 0.15) is 11.9 Å². The maximum atomic E-state index is 12.6. The molecule has 0 bridgehead atoms. The molecule has 0 aromatic heterocycles. The molecule has 29 heavy (non-hydrogen) atoms. The lowest BCUT2D eigenvalue weighted by Crippen LogP contribution is -2.51. The normalized spacial score (nSPS) is 17.8. The highest BCUT2D eigenvalue weighted by Gasteiger charge is 2.31. The Bertz CT molecular complexity index is 952. The highest BCUT2D eigenvalue weighted by molar-refractivity contribution is 5.96. The van der Waals surface area contributed by atoms with E-state index >= 15 is 0 Å². The summed E-state index contributed by atoms with van der Waals surface area (Å²) in [6, 6.07) is 15.3. The minimum atomic E-state index is -0.269. The first kappa shape index (κ1) is 19.0. The zero-order valence-electron chi connectivity index (χ0n) is 16.1. The van der Waals surface area contributed by atoms with Gasteiger partial charge in [-0.3, -0.25) is 4.90 Å². The standard InChI is InChI=1S/C22H25N5O2/c23-10-3-11-29-20-5-2-1-4-18(20)19-12-16-14-27(22(28)26-21(16)25-19)17-8-6-15(13-24)7-9-17/h1-2,4-9,12,14,21,25H,3,10-11,13,23-24H2,(H,26,28). The lowest BCUT2D eigenvalue weighted by molar-refractivity contribution is 0.244. The zero-order chi connectivity index (χ0) is 20.2. The molecule has 7 nitrogen and oxygen atoms in total. The van der Waals surface area contributed by atoms with Crippen molar-refractivity contribution < 1.29 is 9.53 Å². The first-order valence-corrected chi connectivity index (χ1v) is 9.70. The predicted molar refractivity (Wildman–Crippen MR) is 114 cm³/mol. The van der Waals surface area contributed by atoms with Gasteiger partial charge in [0, 0.05) is 29.6 Å². The maximum absolute atomic E-state index is 12.6. The fourth-order valence-corrected chi connectivity index (χ4v) is 3.38. The van der Waals surface area contributed by atoms with Crippen LogP contribution in [0.15, 0.2) is 66.4 Å². The average molecular weight is 391 g/mol. The summed E-state index contributed by atoms with van der Waals surface area (Å²) in [7, 11) is 0. The van der Waals surface area contributed by atoms with Crippen LogP contribution in [0.4, 0.5) is 10.5 Å². The molecule has 150 valence electrons. The third-order valence-corrected chi connectivity index (χ3v) is 4.94. The van der Waals surface area contributed by atoms with Crippen LogP contribution in [-0.4, -0.2) is 25.3 Å². The molecule has 2 aliphatic rings. The van der Waals surface area contributed by atoms with Gasteiger partial charge in [0.15, 0.2) is 0 Å². The molecule has 2 amide bonds. The Kier molecular flexibility index (Phi) is 5.50. The van der Waals surface area contributed by atoms with Crippen LogP contribution in [0.2, 0.25) is 0 Å². The monoisotopic (exact) mass is 391 g/mol. The summed E-state index contributed by atoms with van der Waals surface area (Å²) < 4.78 is 5.89. The van der Waals surface area contributed by atoms with Crippen LogP contribution in [0, 0.1) is 0 Å². The van der Waals surface area contributed by atoms with Crippen LogP contribution in [0.5, 0.6) is 5.75 Å². The molecular weight excluding hydrogens is 366 g/mol. The van der Waals surface area contributed by atoms with Gasteiger partial charge >= 0.3 is 6.03 Å². The van der Waals surface area contributed by atoms with E-state index in [1.165, 1.54) is 0 Å². The largest absolute Gasteiger partial charge is 0.493 e. The Morgan fingerprint density at radius 3 is 2.59 bits per heavy atom. The van der Waals surface area contributed by atoms with Crippen molar-refractivity contribution in [2.45, 2.75) is 19.1 Å². The first-order valence-electron chi connectivity index (χ1n) is 9.70. The lowest BCUT2D eigenvalue weighted by atomic mass is 10.1. The number of urea groups is 1. The molecule has 6 N–H and O–H groups in total. The van der Waals surface area contributed by atoms with E-state index in [4.69, 9.17) is 16.2 Å². The van der Waals surface area contributed by atoms with Crippen molar-refractivity contribution >= 4 is 17.4 Å². The molecule has 2 aromatic carbocycles. The summed E-state index contributed by atoms with van der Waals surface area (Å²) in [5, 5.41) is 6.37. The molecule has 0 aliphatic carbocycles. The topological polar surface area (TPSA) is 106 Å². The van der Waals surface area contributed by atoms with Crippen molar-refractivity contribution in [3.8, 4) is 5.75 Å². The Morgan fingerprint density at radius 1 is 1.03 bits per heavy atom. The van der Waals surface area contributed by atoms with E-state index in [1.54, 1.807) is 4.90 Å². The molecule has 0 saturated heterocycles. The van der Waals surface area contributed by atoms with E-state index in [0.717, 1.165) is 40.3 Å². The summed E-state index contributed by atoms with van der Waals surface area (Å²) in [6.07, 6.45) is 4.42. The number of benzene rings is 2. The van der Waals surface area contributed by atoms with Gasteiger partial charge in [-0.05, 0) is 48.9 Å². The minimum Gasteiger partial charge on any atom is -0.493 e. The number of nitrogens with one attached hydrogen (secondary N) is 2. The average Bonchev–Trinajstić information content (AvgIpc) is 3.16. The van der Waals surface area contributed by atoms with Gasteiger partial charge in [-0.25, -0.2) is 4.79 Å². The Hall–Kier alpha value is -3.29. The van der Waals surface area contributed by atoms with E-state index in [2.05, 4.69) is 10.6 Å². The molecule has 1 atom stereocenters. The van der Waals surface area contributed by atoms with E-state index in [-0.39, 0.29) is 12.2 Å². The highest BCUT2D eigenvalue weighted by atomic mass is 16.5. The molecule has 0 spiro atoms. The molecule has 0 fully saturated rings. The van der Waals surface area contributed by atoms with Crippen molar-refractivity contribution in [1.29, 1.82) is 0 Å². The lowest BCUT2D eigenvalue weighted by Gasteiger charge is -2.29. The molecule has 0 radical (unpaired) electrons. The van der Waals surface area contributed by atoms with Crippen LogP contribution in [0.3, 0.4) is 0 Å². The molecule has 2 aliphatic heterocycles. The van der Waals surface area contributed by atoms with Crippen molar-refractivity contribution in [2.24, 2.45) is 11.5 Å². The molecule has 0 saturated carbocycles. The minimum absolute atomic E-state index is 0.186. The third kappa shape index (κ3) is 3.96. The smallest absolute Gasteiger partial charge is 0.327 e. The predicted octanol–water partition coefficient (Wildman–Crippen LogP) is 2.26. The summed E-state index contributed by atoms with van der Waals surface area (Å²) in [5.74, 6) is 0.791. The van der Waals surface area contributed by atoms with E-state index in [1.807, 2.05) is 60.8 Å². The van der Waals surface area contributed by atoms with Crippen LogP contribution >= 0.6 is 0 Å². The van der Waals surface area contributed by atoms with Crippen LogP contribution in [0.1, 0.15) is 17.5 Å². The Labute approximate surface area is 170 Å². The third-order valence-electron chi connectivity index (χ3n) is 4.94. The van der Waals surface area contributed by atoms with Gasteiger partial charge in [-0.2, -0.15) is 0 Å². The number of para-hydroxylation sites is 1. The van der Waals surface area contributed by atoms with Gasteiger partial charge in [-0.1, -0.05) is 24.3 Å². The number of anilines is 1. The Morgan fingerprint density at radius 2 is 1.83 bits per heavy atom. The zero-order valence-corrected chi connectivity index (χ0v) is 16.1. The second-order valence-electron chi connectivity index (χ2n) is 6.94. The summed E-state index contributed by atoms with van der Waals surface area (Å²) >= 11 is 0. The van der Waals surface area contributed by atoms with Gasteiger partial charge in [0.05, 0.1) is 12.3 Å². The quantitative estimate of drug-likeness (QED) is 0.542.